The smallest absolute Gasteiger partial charge is 0.234 e. The summed E-state index contributed by atoms with van der Waals surface area (Å²) in [5.41, 5.74) is 3.60. The van der Waals surface area contributed by atoms with Crippen molar-refractivity contribution < 1.29 is 4.79 Å². The van der Waals surface area contributed by atoms with Crippen LogP contribution in [-0.2, 0) is 17.6 Å². The highest BCUT2D eigenvalue weighted by atomic mass is 35.5. The molecule has 0 unspecified atom stereocenters. The first-order valence-electron chi connectivity index (χ1n) is 7.12. The van der Waals surface area contributed by atoms with E-state index in [1.165, 1.54) is 29.3 Å². The summed E-state index contributed by atoms with van der Waals surface area (Å²) in [6.45, 7) is 0. The highest BCUT2D eigenvalue weighted by molar-refractivity contribution is 8.00. The quantitative estimate of drug-likeness (QED) is 0.765. The first-order chi connectivity index (χ1) is 10.6. The van der Waals surface area contributed by atoms with Crippen molar-refractivity contribution >= 4 is 46.6 Å². The van der Waals surface area contributed by atoms with Gasteiger partial charge in [-0.1, -0.05) is 35.3 Å². The summed E-state index contributed by atoms with van der Waals surface area (Å²) >= 11 is 13.6. The Hall–Kier alpha value is -1.16. The van der Waals surface area contributed by atoms with Crippen LogP contribution in [0.15, 0.2) is 41.3 Å². The highest BCUT2D eigenvalue weighted by Gasteiger charge is 2.13. The molecule has 3 rings (SSSR count). The molecule has 0 aliphatic heterocycles. The van der Waals surface area contributed by atoms with Crippen molar-refractivity contribution in [2.45, 2.75) is 24.2 Å². The van der Waals surface area contributed by atoms with Crippen molar-refractivity contribution in [3.63, 3.8) is 0 Å². The number of anilines is 1. The van der Waals surface area contributed by atoms with Crippen LogP contribution in [0.1, 0.15) is 17.5 Å². The van der Waals surface area contributed by atoms with Crippen LogP contribution in [-0.4, -0.2) is 11.7 Å². The number of rotatable bonds is 4. The Bertz CT molecular complexity index is 698. The fourth-order valence-electron chi connectivity index (χ4n) is 2.60. The number of carbonyl (C=O) groups excluding carboxylic acids is 1. The second-order valence-electron chi connectivity index (χ2n) is 5.22. The van der Waals surface area contributed by atoms with E-state index in [1.54, 1.807) is 18.2 Å². The summed E-state index contributed by atoms with van der Waals surface area (Å²) in [6.07, 6.45) is 3.45. The normalized spacial score (nSPS) is 13.0. The van der Waals surface area contributed by atoms with Crippen LogP contribution in [0.3, 0.4) is 0 Å². The zero-order chi connectivity index (χ0) is 15.5. The Labute approximate surface area is 144 Å². The largest absolute Gasteiger partial charge is 0.325 e. The number of benzene rings is 2. The Balaban J connectivity index is 1.61. The number of fused-ring (bicyclic) bond motifs is 1. The molecular weight excluding hydrogens is 337 g/mol. The maximum absolute atomic E-state index is 12.1. The van der Waals surface area contributed by atoms with Gasteiger partial charge in [0.25, 0.3) is 0 Å². The van der Waals surface area contributed by atoms with Crippen molar-refractivity contribution in [3.8, 4) is 0 Å². The summed E-state index contributed by atoms with van der Waals surface area (Å²) in [6, 6.07) is 11.5. The first kappa shape index (κ1) is 15.7. The fraction of sp³-hybridized carbons (Fsp3) is 0.235. The molecule has 2 aromatic rings. The summed E-state index contributed by atoms with van der Waals surface area (Å²) < 4.78 is 0. The summed E-state index contributed by atoms with van der Waals surface area (Å²) in [4.78, 5) is 12.8. The van der Waals surface area contributed by atoms with Gasteiger partial charge in [-0.2, -0.15) is 0 Å². The number of aryl methyl sites for hydroxylation is 2. The van der Waals surface area contributed by atoms with E-state index in [2.05, 4.69) is 17.4 Å². The van der Waals surface area contributed by atoms with Crippen molar-refractivity contribution in [1.29, 1.82) is 0 Å². The van der Waals surface area contributed by atoms with Crippen LogP contribution < -0.4 is 5.32 Å². The van der Waals surface area contributed by atoms with Gasteiger partial charge in [0.1, 0.15) is 0 Å². The van der Waals surface area contributed by atoms with E-state index in [-0.39, 0.29) is 11.7 Å². The molecule has 0 spiro atoms. The van der Waals surface area contributed by atoms with Crippen LogP contribution in [0.4, 0.5) is 5.69 Å². The Kier molecular flexibility index (Phi) is 4.97. The topological polar surface area (TPSA) is 29.1 Å². The number of hydrogen-bond acceptors (Lipinski definition) is 2. The van der Waals surface area contributed by atoms with Crippen molar-refractivity contribution in [2.75, 3.05) is 11.1 Å². The van der Waals surface area contributed by atoms with Gasteiger partial charge in [-0.25, -0.2) is 0 Å². The monoisotopic (exact) mass is 351 g/mol. The minimum absolute atomic E-state index is 0.0565. The van der Waals surface area contributed by atoms with Crippen LogP contribution in [0.25, 0.3) is 0 Å². The van der Waals surface area contributed by atoms with E-state index < -0.39 is 0 Å². The maximum atomic E-state index is 12.1. The Morgan fingerprint density at radius 3 is 2.59 bits per heavy atom. The Morgan fingerprint density at radius 2 is 1.82 bits per heavy atom. The molecule has 1 amide bonds. The lowest BCUT2D eigenvalue weighted by Gasteiger charge is -2.09. The van der Waals surface area contributed by atoms with Crippen LogP contribution in [0, 0.1) is 0 Å². The number of carbonyl (C=O) groups is 1. The van der Waals surface area contributed by atoms with Crippen LogP contribution in [0.2, 0.25) is 10.0 Å². The van der Waals surface area contributed by atoms with Crippen LogP contribution in [0.5, 0.6) is 0 Å². The molecule has 0 atom stereocenters. The van der Waals surface area contributed by atoms with Gasteiger partial charge in [-0.15, -0.1) is 11.8 Å². The predicted molar refractivity (Wildman–Crippen MR) is 94.3 cm³/mol. The molecule has 2 nitrogen and oxygen atoms in total. The number of nitrogens with one attached hydrogen (secondary N) is 1. The van der Waals surface area contributed by atoms with E-state index in [0.717, 1.165) is 23.4 Å². The van der Waals surface area contributed by atoms with E-state index in [0.29, 0.717) is 10.0 Å². The zero-order valence-corrected chi connectivity index (χ0v) is 14.2. The summed E-state index contributed by atoms with van der Waals surface area (Å²) in [7, 11) is 0. The summed E-state index contributed by atoms with van der Waals surface area (Å²) in [5, 5.41) is 4.08. The minimum Gasteiger partial charge on any atom is -0.325 e. The molecule has 5 heteroatoms. The lowest BCUT2D eigenvalue weighted by Crippen LogP contribution is -2.14. The molecule has 0 fully saturated rings. The highest BCUT2D eigenvalue weighted by Crippen LogP contribution is 2.33. The molecule has 0 saturated carbocycles. The van der Waals surface area contributed by atoms with Gasteiger partial charge in [0, 0.05) is 10.6 Å². The first-order valence-corrected chi connectivity index (χ1v) is 8.86. The number of hydrogen-bond donors (Lipinski definition) is 1. The maximum Gasteiger partial charge on any atom is 0.234 e. The molecule has 1 aliphatic rings. The van der Waals surface area contributed by atoms with E-state index in [9.17, 15) is 4.79 Å². The van der Waals surface area contributed by atoms with E-state index in [1.807, 2.05) is 6.07 Å². The molecule has 0 heterocycles. The lowest BCUT2D eigenvalue weighted by atomic mass is 10.1. The van der Waals surface area contributed by atoms with Crippen molar-refractivity contribution in [1.82, 2.24) is 0 Å². The number of amides is 1. The predicted octanol–water partition coefficient (Wildman–Crippen LogP) is 5.21. The standard InChI is InChI=1S/C17H15Cl2NOS/c18-14-5-2-6-15(19)17(14)22-10-16(21)20-13-8-7-11-3-1-4-12(11)9-13/h2,5-9H,1,3-4,10H2,(H,20,21). The third-order valence-electron chi connectivity index (χ3n) is 3.65. The molecule has 0 bridgehead atoms. The van der Waals surface area contributed by atoms with Gasteiger partial charge >= 0.3 is 0 Å². The van der Waals surface area contributed by atoms with Gasteiger partial charge in [0.05, 0.1) is 15.8 Å². The van der Waals surface area contributed by atoms with Crippen LogP contribution >= 0.6 is 35.0 Å². The lowest BCUT2D eigenvalue weighted by molar-refractivity contribution is -0.113. The number of halogens is 2. The average Bonchev–Trinajstić information content (AvgIpc) is 2.94. The molecule has 1 N–H and O–H groups in total. The minimum atomic E-state index is -0.0565. The van der Waals surface area contributed by atoms with Crippen molar-refractivity contribution in [2.24, 2.45) is 0 Å². The van der Waals surface area contributed by atoms with Gasteiger partial charge in [-0.05, 0) is 54.7 Å². The Morgan fingerprint density at radius 1 is 1.09 bits per heavy atom. The van der Waals surface area contributed by atoms with E-state index >= 15 is 0 Å². The molecule has 0 saturated heterocycles. The van der Waals surface area contributed by atoms with Gasteiger partial charge < -0.3 is 5.32 Å². The molecule has 114 valence electrons. The second kappa shape index (κ2) is 6.95. The average molecular weight is 352 g/mol. The van der Waals surface area contributed by atoms with Gasteiger partial charge in [0.15, 0.2) is 0 Å². The summed E-state index contributed by atoms with van der Waals surface area (Å²) in [5.74, 6) is 0.222. The van der Waals surface area contributed by atoms with E-state index in [4.69, 9.17) is 23.2 Å². The van der Waals surface area contributed by atoms with Gasteiger partial charge in [0.2, 0.25) is 5.91 Å². The number of thioether (sulfide) groups is 1. The molecule has 1 aliphatic carbocycles. The molecule has 2 aromatic carbocycles. The molecule has 22 heavy (non-hydrogen) atoms. The molecule has 0 aromatic heterocycles. The van der Waals surface area contributed by atoms with Crippen molar-refractivity contribution in [3.05, 3.63) is 57.6 Å². The second-order valence-corrected chi connectivity index (χ2v) is 7.02. The third kappa shape index (κ3) is 3.60. The zero-order valence-electron chi connectivity index (χ0n) is 11.9. The van der Waals surface area contributed by atoms with Gasteiger partial charge in [-0.3, -0.25) is 4.79 Å². The molecule has 0 radical (unpaired) electrons. The third-order valence-corrected chi connectivity index (χ3v) is 5.64. The SMILES string of the molecule is O=C(CSc1c(Cl)cccc1Cl)Nc1ccc2c(c1)CCC2. The molecular formula is C17H15Cl2NOS. The fourth-order valence-corrected chi connectivity index (χ4v) is 4.09.